The largest absolute Gasteiger partial charge is 0.390 e. The zero-order valence-electron chi connectivity index (χ0n) is 16.1. The van der Waals surface area contributed by atoms with Crippen molar-refractivity contribution in [1.29, 1.82) is 0 Å². The molecule has 0 saturated heterocycles. The van der Waals surface area contributed by atoms with Crippen molar-refractivity contribution in [3.8, 4) is 0 Å². The van der Waals surface area contributed by atoms with Crippen molar-refractivity contribution >= 4 is 12.0 Å². The normalized spacial score (nSPS) is 38.0. The van der Waals surface area contributed by atoms with Gasteiger partial charge in [0.25, 0.3) is 0 Å². The Bertz CT molecular complexity index is 714. The van der Waals surface area contributed by atoms with Gasteiger partial charge in [0.2, 0.25) is 5.91 Å². The van der Waals surface area contributed by atoms with Crippen LogP contribution in [-0.2, 0) is 4.79 Å². The van der Waals surface area contributed by atoms with Gasteiger partial charge in [0.15, 0.2) is 0 Å². The topological polar surface area (TPSA) is 40.5 Å². The molecule has 0 radical (unpaired) electrons. The number of amides is 1. The van der Waals surface area contributed by atoms with Gasteiger partial charge in [-0.15, -0.1) is 0 Å². The molecule has 26 heavy (non-hydrogen) atoms. The third kappa shape index (κ3) is 3.00. The number of hydrogen-bond acceptors (Lipinski definition) is 2. The van der Waals surface area contributed by atoms with Crippen molar-refractivity contribution in [3.05, 3.63) is 42.0 Å². The third-order valence-electron chi connectivity index (χ3n) is 7.19. The molecule has 5 rings (SSSR count). The van der Waals surface area contributed by atoms with E-state index in [0.717, 1.165) is 37.7 Å². The average Bonchev–Trinajstić information content (AvgIpc) is 2.60. The van der Waals surface area contributed by atoms with Crippen LogP contribution in [0.5, 0.6) is 0 Å². The zero-order valence-corrected chi connectivity index (χ0v) is 16.1. The molecule has 0 spiro atoms. The lowest BCUT2D eigenvalue weighted by Crippen LogP contribution is -2.63. The summed E-state index contributed by atoms with van der Waals surface area (Å²) < 4.78 is 0. The van der Waals surface area contributed by atoms with Crippen molar-refractivity contribution in [2.75, 3.05) is 13.6 Å². The van der Waals surface area contributed by atoms with E-state index in [1.54, 1.807) is 0 Å². The fourth-order valence-electron chi connectivity index (χ4n) is 6.62. The van der Waals surface area contributed by atoms with Gasteiger partial charge in [-0.25, -0.2) is 0 Å². The van der Waals surface area contributed by atoms with E-state index in [9.17, 15) is 9.90 Å². The molecule has 1 aromatic carbocycles. The average molecular weight is 354 g/mol. The van der Waals surface area contributed by atoms with E-state index in [2.05, 4.69) is 31.2 Å². The minimum absolute atomic E-state index is 0.185. The SMILES string of the molecule is CCC12CC3CC(O)(C1)CC(C(=O)N(C)C/C=C/c1ccccc1)(C3)C2. The first-order valence-corrected chi connectivity index (χ1v) is 10.1. The molecule has 1 aromatic rings. The van der Waals surface area contributed by atoms with Crippen LogP contribution in [0, 0.1) is 16.7 Å². The van der Waals surface area contributed by atoms with Crippen LogP contribution in [-0.4, -0.2) is 35.1 Å². The maximum absolute atomic E-state index is 13.4. The highest BCUT2D eigenvalue weighted by molar-refractivity contribution is 5.83. The Labute approximate surface area is 157 Å². The number of nitrogens with zero attached hydrogens (tertiary/aromatic N) is 1. The molecule has 4 fully saturated rings. The van der Waals surface area contributed by atoms with Crippen LogP contribution in [0.15, 0.2) is 36.4 Å². The van der Waals surface area contributed by atoms with Gasteiger partial charge < -0.3 is 10.0 Å². The summed E-state index contributed by atoms with van der Waals surface area (Å²) in [6.07, 6.45) is 10.9. The third-order valence-corrected chi connectivity index (χ3v) is 7.19. The van der Waals surface area contributed by atoms with Gasteiger partial charge in [-0.3, -0.25) is 4.79 Å². The van der Waals surface area contributed by atoms with Crippen molar-refractivity contribution in [2.24, 2.45) is 16.7 Å². The molecule has 1 amide bonds. The lowest BCUT2D eigenvalue weighted by molar-refractivity contribution is -0.208. The minimum atomic E-state index is -0.605. The van der Waals surface area contributed by atoms with E-state index in [1.165, 1.54) is 6.42 Å². The Balaban J connectivity index is 1.49. The molecule has 1 N–H and O–H groups in total. The summed E-state index contributed by atoms with van der Waals surface area (Å²) in [7, 11) is 1.92. The Morgan fingerprint density at radius 2 is 1.96 bits per heavy atom. The molecule has 4 atom stereocenters. The van der Waals surface area contributed by atoms with Crippen molar-refractivity contribution < 1.29 is 9.90 Å². The van der Waals surface area contributed by atoms with Crippen LogP contribution in [0.25, 0.3) is 6.08 Å². The van der Waals surface area contributed by atoms with Crippen molar-refractivity contribution in [1.82, 2.24) is 4.90 Å². The fraction of sp³-hybridized carbons (Fsp3) is 0.609. The second kappa shape index (κ2) is 6.23. The molecule has 3 heteroatoms. The Morgan fingerprint density at radius 3 is 2.65 bits per heavy atom. The molecule has 4 unspecified atom stereocenters. The first-order valence-electron chi connectivity index (χ1n) is 10.1. The van der Waals surface area contributed by atoms with Crippen LogP contribution >= 0.6 is 0 Å². The molecule has 4 bridgehead atoms. The van der Waals surface area contributed by atoms with E-state index in [4.69, 9.17) is 0 Å². The maximum atomic E-state index is 13.4. The number of aliphatic hydroxyl groups is 1. The molecular weight excluding hydrogens is 322 g/mol. The molecule has 140 valence electrons. The Kier molecular flexibility index (Phi) is 4.26. The Hall–Kier alpha value is -1.61. The first kappa shape index (κ1) is 17.8. The van der Waals surface area contributed by atoms with E-state index in [1.807, 2.05) is 30.1 Å². The Morgan fingerprint density at radius 1 is 1.19 bits per heavy atom. The summed E-state index contributed by atoms with van der Waals surface area (Å²) in [5.41, 5.74) is 0.401. The highest BCUT2D eigenvalue weighted by Crippen LogP contribution is 2.67. The summed E-state index contributed by atoms with van der Waals surface area (Å²) in [6.45, 7) is 2.86. The molecule has 0 aromatic heterocycles. The number of rotatable bonds is 5. The lowest BCUT2D eigenvalue weighted by Gasteiger charge is -2.64. The number of carbonyl (C=O) groups excluding carboxylic acids is 1. The molecule has 0 aliphatic heterocycles. The predicted molar refractivity (Wildman–Crippen MR) is 104 cm³/mol. The molecule has 3 nitrogen and oxygen atoms in total. The van der Waals surface area contributed by atoms with E-state index >= 15 is 0 Å². The van der Waals surface area contributed by atoms with E-state index < -0.39 is 5.60 Å². The first-order chi connectivity index (χ1) is 12.4. The van der Waals surface area contributed by atoms with Crippen molar-refractivity contribution in [3.63, 3.8) is 0 Å². The summed E-state index contributed by atoms with van der Waals surface area (Å²) in [4.78, 5) is 15.3. The molecule has 4 aliphatic carbocycles. The molecular formula is C23H31NO2. The van der Waals surface area contributed by atoms with Gasteiger partial charge in [0, 0.05) is 13.6 Å². The summed E-state index contributed by atoms with van der Waals surface area (Å²) in [5.74, 6) is 0.768. The van der Waals surface area contributed by atoms with Gasteiger partial charge >= 0.3 is 0 Å². The molecule has 4 saturated carbocycles. The lowest BCUT2D eigenvalue weighted by atomic mass is 9.42. The zero-order chi connectivity index (χ0) is 18.4. The highest BCUT2D eigenvalue weighted by atomic mass is 16.3. The molecule has 0 heterocycles. The van der Waals surface area contributed by atoms with E-state index in [-0.39, 0.29) is 16.7 Å². The van der Waals surface area contributed by atoms with Crippen molar-refractivity contribution in [2.45, 2.75) is 57.5 Å². The monoisotopic (exact) mass is 353 g/mol. The van der Waals surface area contributed by atoms with Gasteiger partial charge in [0.1, 0.15) is 0 Å². The maximum Gasteiger partial charge on any atom is 0.228 e. The van der Waals surface area contributed by atoms with E-state index in [0.29, 0.717) is 18.9 Å². The van der Waals surface area contributed by atoms with Gasteiger partial charge in [0.05, 0.1) is 11.0 Å². The van der Waals surface area contributed by atoms with Crippen LogP contribution in [0.3, 0.4) is 0 Å². The standard InChI is InChI=1S/C23H31NO2/c1-3-21-12-19-13-22(15-21,17-23(26,14-19)16-21)20(25)24(2)11-7-10-18-8-5-4-6-9-18/h4-10,19,26H,3,11-17H2,1-2H3/b10-7+. The number of hydrogen-bond donors (Lipinski definition) is 1. The van der Waals surface area contributed by atoms with Crippen LogP contribution in [0.2, 0.25) is 0 Å². The fourth-order valence-corrected chi connectivity index (χ4v) is 6.62. The smallest absolute Gasteiger partial charge is 0.228 e. The highest BCUT2D eigenvalue weighted by Gasteiger charge is 2.65. The second-order valence-electron chi connectivity index (χ2n) is 9.37. The van der Waals surface area contributed by atoms with Crippen LogP contribution in [0.4, 0.5) is 0 Å². The molecule has 4 aliphatic rings. The van der Waals surface area contributed by atoms with Crippen LogP contribution in [0.1, 0.15) is 57.4 Å². The summed E-state index contributed by atoms with van der Waals surface area (Å²) in [6, 6.07) is 10.2. The van der Waals surface area contributed by atoms with Gasteiger partial charge in [-0.1, -0.05) is 55.8 Å². The number of carbonyl (C=O) groups is 1. The number of likely N-dealkylation sites (N-methyl/N-ethyl adjacent to an activating group) is 1. The quantitative estimate of drug-likeness (QED) is 0.859. The minimum Gasteiger partial charge on any atom is -0.390 e. The van der Waals surface area contributed by atoms with Gasteiger partial charge in [-0.05, 0) is 55.4 Å². The summed E-state index contributed by atoms with van der Waals surface area (Å²) >= 11 is 0. The number of benzene rings is 1. The van der Waals surface area contributed by atoms with Gasteiger partial charge in [-0.2, -0.15) is 0 Å². The predicted octanol–water partition coefficient (Wildman–Crippen LogP) is 4.27. The second-order valence-corrected chi connectivity index (χ2v) is 9.37. The van der Waals surface area contributed by atoms with Crippen LogP contribution < -0.4 is 0 Å². The summed E-state index contributed by atoms with van der Waals surface area (Å²) in [5, 5.41) is 11.1.